The predicted molar refractivity (Wildman–Crippen MR) is 127 cm³/mol. The fourth-order valence-corrected chi connectivity index (χ4v) is 4.68. The molecule has 0 N–H and O–H groups in total. The smallest absolute Gasteiger partial charge is 0.0630 e. The molecule has 28 heavy (non-hydrogen) atoms. The lowest BCUT2D eigenvalue weighted by molar-refractivity contribution is 0.443. The van der Waals surface area contributed by atoms with Gasteiger partial charge in [0, 0.05) is 32.4 Å². The minimum atomic E-state index is 0.750. The predicted octanol–water partition coefficient (Wildman–Crippen LogP) is 7.50. The van der Waals surface area contributed by atoms with Crippen LogP contribution in [0.4, 0.5) is 5.69 Å². The first-order chi connectivity index (χ1) is 13.6. The van der Waals surface area contributed by atoms with Crippen molar-refractivity contribution < 1.29 is 0 Å². The Morgan fingerprint density at radius 1 is 0.929 bits per heavy atom. The van der Waals surface area contributed by atoms with Crippen LogP contribution in [0.25, 0.3) is 5.69 Å². The van der Waals surface area contributed by atoms with Crippen molar-refractivity contribution in [3.05, 3.63) is 80.7 Å². The van der Waals surface area contributed by atoms with E-state index in [1.54, 1.807) is 0 Å². The van der Waals surface area contributed by atoms with E-state index in [0.717, 1.165) is 11.6 Å². The minimum Gasteiger partial charge on any atom is -0.318 e. The molecule has 0 aliphatic heterocycles. The molecular weight excluding hydrogens is 455 g/mol. The normalized spacial score (nSPS) is 15.4. The van der Waals surface area contributed by atoms with Crippen molar-refractivity contribution in [1.29, 1.82) is 0 Å². The van der Waals surface area contributed by atoms with Crippen LogP contribution in [0.15, 0.2) is 59.6 Å². The quantitative estimate of drug-likeness (QED) is 0.271. The van der Waals surface area contributed by atoms with Gasteiger partial charge in [-0.3, -0.25) is 4.99 Å². The van der Waals surface area contributed by atoms with Gasteiger partial charge in [0.05, 0.1) is 5.69 Å². The van der Waals surface area contributed by atoms with E-state index in [1.807, 2.05) is 6.21 Å². The Hall–Kier alpha value is -1.88. The molecule has 3 aromatic rings. The van der Waals surface area contributed by atoms with E-state index in [0.29, 0.717) is 0 Å². The number of hydrogen-bond donors (Lipinski definition) is 0. The summed E-state index contributed by atoms with van der Waals surface area (Å²) < 4.78 is 3.55. The fourth-order valence-electron chi connectivity index (χ4n) is 4.32. The van der Waals surface area contributed by atoms with E-state index in [-0.39, 0.29) is 0 Å². The summed E-state index contributed by atoms with van der Waals surface area (Å²) >= 11 is 2.34. The molecule has 1 heterocycles. The molecule has 144 valence electrons. The number of nitrogens with zero attached hydrogens (tertiary/aromatic N) is 2. The highest BCUT2D eigenvalue weighted by Gasteiger charge is 2.15. The summed E-state index contributed by atoms with van der Waals surface area (Å²) in [5, 5.41) is 0. The number of halogens is 1. The maximum absolute atomic E-state index is 4.75. The molecule has 1 saturated carbocycles. The Labute approximate surface area is 181 Å². The molecule has 0 radical (unpaired) electrons. The summed E-state index contributed by atoms with van der Waals surface area (Å²) in [7, 11) is 0. The van der Waals surface area contributed by atoms with Crippen molar-refractivity contribution in [2.24, 2.45) is 4.99 Å². The Morgan fingerprint density at radius 2 is 1.61 bits per heavy atom. The zero-order valence-corrected chi connectivity index (χ0v) is 18.8. The summed E-state index contributed by atoms with van der Waals surface area (Å²) in [5.74, 6) is 0.750. The van der Waals surface area contributed by atoms with Crippen molar-refractivity contribution in [2.75, 3.05) is 0 Å². The highest BCUT2D eigenvalue weighted by Crippen LogP contribution is 2.33. The van der Waals surface area contributed by atoms with E-state index in [2.05, 4.69) is 95.6 Å². The van der Waals surface area contributed by atoms with Crippen LogP contribution in [0.1, 0.15) is 60.5 Å². The second-order valence-corrected chi connectivity index (χ2v) is 9.07. The first-order valence-corrected chi connectivity index (χ1v) is 11.3. The maximum Gasteiger partial charge on any atom is 0.0630 e. The summed E-state index contributed by atoms with van der Waals surface area (Å²) in [6, 6.07) is 19.7. The summed E-state index contributed by atoms with van der Waals surface area (Å²) in [6.45, 7) is 4.32. The van der Waals surface area contributed by atoms with Gasteiger partial charge in [-0.2, -0.15) is 0 Å². The van der Waals surface area contributed by atoms with Crippen molar-refractivity contribution >= 4 is 34.5 Å². The maximum atomic E-state index is 4.75. The third-order valence-electron chi connectivity index (χ3n) is 5.88. The fraction of sp³-hybridized carbons (Fsp3) is 0.320. The SMILES string of the molecule is Cc1cc(C=Nc2ccc(C3CCCCC3)cc2)c(C)n1-c1ccc(I)cc1. The monoisotopic (exact) mass is 482 g/mol. The average molecular weight is 482 g/mol. The molecule has 1 aliphatic rings. The average Bonchev–Trinajstić information content (AvgIpc) is 3.01. The first-order valence-electron chi connectivity index (χ1n) is 10.2. The lowest BCUT2D eigenvalue weighted by Crippen LogP contribution is -2.03. The van der Waals surface area contributed by atoms with Crippen LogP contribution in [-0.2, 0) is 0 Å². The molecule has 0 bridgehead atoms. The zero-order valence-electron chi connectivity index (χ0n) is 16.7. The van der Waals surface area contributed by atoms with E-state index < -0.39 is 0 Å². The second-order valence-electron chi connectivity index (χ2n) is 7.82. The van der Waals surface area contributed by atoms with Crippen molar-refractivity contribution in [3.8, 4) is 5.69 Å². The number of hydrogen-bond acceptors (Lipinski definition) is 1. The molecule has 0 saturated heterocycles. The van der Waals surface area contributed by atoms with Crippen LogP contribution >= 0.6 is 22.6 Å². The molecule has 2 aromatic carbocycles. The molecule has 0 amide bonds. The standard InChI is InChI=1S/C25H27IN2/c1-18-16-22(19(2)28(18)25-14-10-23(26)11-15-25)17-27-24-12-8-21(9-13-24)20-6-4-3-5-7-20/h8-17,20H,3-7H2,1-2H3. The lowest BCUT2D eigenvalue weighted by Gasteiger charge is -2.21. The van der Waals surface area contributed by atoms with Gasteiger partial charge in [0.25, 0.3) is 0 Å². The van der Waals surface area contributed by atoms with Crippen molar-refractivity contribution in [3.63, 3.8) is 0 Å². The Kier molecular flexibility index (Phi) is 6.00. The van der Waals surface area contributed by atoms with Gasteiger partial charge < -0.3 is 4.57 Å². The van der Waals surface area contributed by atoms with Crippen LogP contribution in [0.3, 0.4) is 0 Å². The van der Waals surface area contributed by atoms with Crippen LogP contribution < -0.4 is 0 Å². The van der Waals surface area contributed by atoms with Gasteiger partial charge in [0.2, 0.25) is 0 Å². The van der Waals surface area contributed by atoms with Gasteiger partial charge in [-0.25, -0.2) is 0 Å². The van der Waals surface area contributed by atoms with Crippen LogP contribution in [0.2, 0.25) is 0 Å². The molecule has 4 rings (SSSR count). The van der Waals surface area contributed by atoms with E-state index >= 15 is 0 Å². The summed E-state index contributed by atoms with van der Waals surface area (Å²) in [4.78, 5) is 4.75. The molecule has 1 aliphatic carbocycles. The van der Waals surface area contributed by atoms with Gasteiger partial charge in [0.15, 0.2) is 0 Å². The third-order valence-corrected chi connectivity index (χ3v) is 6.60. The Bertz CT molecular complexity index is 959. The molecule has 1 fully saturated rings. The summed E-state index contributed by atoms with van der Waals surface area (Å²) in [6.07, 6.45) is 8.84. The molecule has 3 heteroatoms. The number of aromatic nitrogens is 1. The third kappa shape index (κ3) is 4.24. The Morgan fingerprint density at radius 3 is 2.29 bits per heavy atom. The van der Waals surface area contributed by atoms with Crippen LogP contribution in [0, 0.1) is 17.4 Å². The Balaban J connectivity index is 1.53. The van der Waals surface area contributed by atoms with Gasteiger partial charge in [-0.1, -0.05) is 31.4 Å². The largest absolute Gasteiger partial charge is 0.318 e. The number of aryl methyl sites for hydroxylation is 1. The van der Waals surface area contributed by atoms with Gasteiger partial charge >= 0.3 is 0 Å². The molecule has 0 spiro atoms. The van der Waals surface area contributed by atoms with E-state index in [4.69, 9.17) is 4.99 Å². The molecule has 0 unspecified atom stereocenters. The molecule has 1 aromatic heterocycles. The number of benzene rings is 2. The van der Waals surface area contributed by atoms with Gasteiger partial charge in [-0.15, -0.1) is 0 Å². The lowest BCUT2D eigenvalue weighted by atomic mass is 9.84. The van der Waals surface area contributed by atoms with Crippen LogP contribution in [0.5, 0.6) is 0 Å². The first kappa shape index (κ1) is 19.4. The highest BCUT2D eigenvalue weighted by atomic mass is 127. The van der Waals surface area contributed by atoms with Crippen LogP contribution in [-0.4, -0.2) is 10.8 Å². The van der Waals surface area contributed by atoms with Gasteiger partial charge in [0.1, 0.15) is 0 Å². The number of rotatable bonds is 4. The van der Waals surface area contributed by atoms with E-state index in [9.17, 15) is 0 Å². The second kappa shape index (κ2) is 8.64. The van der Waals surface area contributed by atoms with E-state index in [1.165, 1.54) is 63.9 Å². The number of aliphatic imine (C=N–C) groups is 1. The van der Waals surface area contributed by atoms with Crippen molar-refractivity contribution in [2.45, 2.75) is 51.9 Å². The molecule has 0 atom stereocenters. The van der Waals surface area contributed by atoms with Crippen molar-refractivity contribution in [1.82, 2.24) is 4.57 Å². The highest BCUT2D eigenvalue weighted by molar-refractivity contribution is 14.1. The van der Waals surface area contributed by atoms with Gasteiger partial charge in [-0.05, 0) is 103 Å². The minimum absolute atomic E-state index is 0.750. The topological polar surface area (TPSA) is 17.3 Å². The molecule has 2 nitrogen and oxygen atoms in total. The molecular formula is C25H27IN2. The summed E-state index contributed by atoms with van der Waals surface area (Å²) in [5.41, 5.74) is 7.34. The zero-order chi connectivity index (χ0) is 19.5.